The van der Waals surface area contributed by atoms with Crippen LogP contribution in [0.25, 0.3) is 0 Å². The summed E-state index contributed by atoms with van der Waals surface area (Å²) < 4.78 is 2.03. The Labute approximate surface area is 137 Å². The van der Waals surface area contributed by atoms with Crippen LogP contribution in [0.4, 0.5) is 0 Å². The fourth-order valence-electron chi connectivity index (χ4n) is 2.90. The number of aromatic nitrogens is 2. The number of amides is 2. The second-order valence-electron chi connectivity index (χ2n) is 6.62. The van der Waals surface area contributed by atoms with E-state index in [2.05, 4.69) is 24.1 Å². The van der Waals surface area contributed by atoms with Gasteiger partial charge >= 0.3 is 0 Å². The van der Waals surface area contributed by atoms with E-state index in [1.54, 1.807) is 4.90 Å². The van der Waals surface area contributed by atoms with E-state index in [-0.39, 0.29) is 24.4 Å². The third-order valence-electron chi connectivity index (χ3n) is 3.97. The van der Waals surface area contributed by atoms with Gasteiger partial charge in [-0.2, -0.15) is 5.10 Å². The van der Waals surface area contributed by atoms with Crippen LogP contribution in [-0.4, -0.2) is 58.6 Å². The van der Waals surface area contributed by atoms with E-state index in [4.69, 9.17) is 5.10 Å². The predicted octanol–water partition coefficient (Wildman–Crippen LogP) is 0.546. The van der Waals surface area contributed by atoms with Crippen LogP contribution < -0.4 is 5.32 Å². The molecule has 0 radical (unpaired) electrons. The summed E-state index contributed by atoms with van der Waals surface area (Å²) >= 11 is 0. The average molecular weight is 321 g/mol. The summed E-state index contributed by atoms with van der Waals surface area (Å²) in [5.74, 6) is -0.229. The Hall–Kier alpha value is -1.89. The smallest absolute Gasteiger partial charge is 0.242 e. The Morgan fingerprint density at radius 3 is 2.61 bits per heavy atom. The topological polar surface area (TPSA) is 70.5 Å². The van der Waals surface area contributed by atoms with E-state index in [9.17, 15) is 9.59 Å². The first-order valence-electron chi connectivity index (χ1n) is 8.05. The quantitative estimate of drug-likeness (QED) is 0.860. The second-order valence-corrected chi connectivity index (χ2v) is 6.62. The minimum Gasteiger partial charge on any atom is -0.347 e. The Morgan fingerprint density at radius 2 is 2.04 bits per heavy atom. The van der Waals surface area contributed by atoms with Crippen LogP contribution in [0.15, 0.2) is 0 Å². The van der Waals surface area contributed by atoms with Gasteiger partial charge in [0, 0.05) is 31.6 Å². The van der Waals surface area contributed by atoms with Crippen molar-refractivity contribution in [2.45, 2.75) is 46.3 Å². The first-order valence-corrected chi connectivity index (χ1v) is 8.05. The summed E-state index contributed by atoms with van der Waals surface area (Å²) in [7, 11) is 4.07. The molecule has 0 unspecified atom stereocenters. The van der Waals surface area contributed by atoms with Crippen molar-refractivity contribution in [1.82, 2.24) is 24.9 Å². The molecule has 1 aromatic heterocycles. The van der Waals surface area contributed by atoms with Gasteiger partial charge in [0.25, 0.3) is 0 Å². The maximum absolute atomic E-state index is 12.3. The molecule has 23 heavy (non-hydrogen) atoms. The number of hydrogen-bond acceptors (Lipinski definition) is 4. The molecule has 1 aromatic rings. The lowest BCUT2D eigenvalue weighted by Gasteiger charge is -2.29. The van der Waals surface area contributed by atoms with Gasteiger partial charge in [0.1, 0.15) is 0 Å². The van der Waals surface area contributed by atoms with Gasteiger partial charge in [0.2, 0.25) is 11.8 Å². The standard InChI is InChI=1S/C16H27N5O2/c1-11(2)21-15-10-20(16(23)8-17-12(3)22)7-6-13(15)14(18-21)9-19(4)5/h11H,6-10H2,1-5H3,(H,17,22). The molecule has 0 atom stereocenters. The van der Waals surface area contributed by atoms with Crippen LogP contribution in [0, 0.1) is 0 Å². The fraction of sp³-hybridized carbons (Fsp3) is 0.688. The molecule has 0 spiro atoms. The average Bonchev–Trinajstić information content (AvgIpc) is 2.82. The highest BCUT2D eigenvalue weighted by Crippen LogP contribution is 2.25. The molecule has 0 aromatic carbocycles. The summed E-state index contributed by atoms with van der Waals surface area (Å²) in [6, 6.07) is 0.255. The third-order valence-corrected chi connectivity index (χ3v) is 3.97. The van der Waals surface area contributed by atoms with Gasteiger partial charge in [-0.3, -0.25) is 14.3 Å². The number of carbonyl (C=O) groups is 2. The summed E-state index contributed by atoms with van der Waals surface area (Å²) in [6.07, 6.45) is 0.817. The maximum Gasteiger partial charge on any atom is 0.242 e. The normalized spacial score (nSPS) is 14.3. The highest BCUT2D eigenvalue weighted by Gasteiger charge is 2.28. The maximum atomic E-state index is 12.3. The van der Waals surface area contributed by atoms with Crippen molar-refractivity contribution in [2.24, 2.45) is 0 Å². The molecule has 2 amide bonds. The molecule has 2 heterocycles. The lowest BCUT2D eigenvalue weighted by Crippen LogP contribution is -2.42. The minimum atomic E-state index is -0.184. The predicted molar refractivity (Wildman–Crippen MR) is 87.8 cm³/mol. The van der Waals surface area contributed by atoms with Crippen LogP contribution in [0.1, 0.15) is 43.8 Å². The summed E-state index contributed by atoms with van der Waals surface area (Å²) in [5.41, 5.74) is 3.50. The van der Waals surface area contributed by atoms with Crippen molar-refractivity contribution in [3.63, 3.8) is 0 Å². The Kier molecular flexibility index (Phi) is 5.41. The number of fused-ring (bicyclic) bond motifs is 1. The van der Waals surface area contributed by atoms with E-state index in [1.807, 2.05) is 18.8 Å². The van der Waals surface area contributed by atoms with E-state index < -0.39 is 0 Å². The molecule has 1 N–H and O–H groups in total. The van der Waals surface area contributed by atoms with Gasteiger partial charge in [-0.1, -0.05) is 0 Å². The van der Waals surface area contributed by atoms with Crippen LogP contribution in [0.2, 0.25) is 0 Å². The first-order chi connectivity index (χ1) is 10.8. The highest BCUT2D eigenvalue weighted by molar-refractivity contribution is 5.83. The minimum absolute atomic E-state index is 0.0449. The zero-order chi connectivity index (χ0) is 17.1. The molecule has 7 nitrogen and oxygen atoms in total. The van der Waals surface area contributed by atoms with Crippen molar-refractivity contribution in [3.8, 4) is 0 Å². The molecule has 7 heteroatoms. The van der Waals surface area contributed by atoms with Crippen LogP contribution >= 0.6 is 0 Å². The van der Waals surface area contributed by atoms with Gasteiger partial charge < -0.3 is 15.1 Å². The summed E-state index contributed by atoms with van der Waals surface area (Å²) in [5, 5.41) is 7.34. The fourth-order valence-corrected chi connectivity index (χ4v) is 2.90. The summed E-state index contributed by atoms with van der Waals surface area (Å²) in [6.45, 7) is 7.73. The van der Waals surface area contributed by atoms with Gasteiger partial charge in [-0.25, -0.2) is 0 Å². The molecule has 0 bridgehead atoms. The largest absolute Gasteiger partial charge is 0.347 e. The summed E-state index contributed by atoms with van der Waals surface area (Å²) in [4.78, 5) is 27.1. The van der Waals surface area contributed by atoms with Gasteiger partial charge in [0.15, 0.2) is 0 Å². The number of nitrogens with zero attached hydrogens (tertiary/aromatic N) is 4. The molecule has 1 aliphatic heterocycles. The van der Waals surface area contributed by atoms with Crippen molar-refractivity contribution < 1.29 is 9.59 Å². The van der Waals surface area contributed by atoms with Gasteiger partial charge in [0.05, 0.1) is 24.5 Å². The zero-order valence-electron chi connectivity index (χ0n) is 14.7. The SMILES string of the molecule is CC(=O)NCC(=O)N1CCc2c(CN(C)C)nn(C(C)C)c2C1. The lowest BCUT2D eigenvalue weighted by atomic mass is 10.0. The number of rotatable bonds is 5. The molecule has 0 aliphatic carbocycles. The monoisotopic (exact) mass is 321 g/mol. The number of carbonyl (C=O) groups excluding carboxylic acids is 2. The van der Waals surface area contributed by atoms with Crippen molar-refractivity contribution in [3.05, 3.63) is 17.0 Å². The van der Waals surface area contributed by atoms with E-state index in [1.165, 1.54) is 12.5 Å². The molecule has 0 saturated carbocycles. The molecular formula is C16H27N5O2. The van der Waals surface area contributed by atoms with Crippen molar-refractivity contribution in [2.75, 3.05) is 27.2 Å². The van der Waals surface area contributed by atoms with Crippen LogP contribution in [0.5, 0.6) is 0 Å². The molecule has 128 valence electrons. The van der Waals surface area contributed by atoms with Crippen LogP contribution in [0.3, 0.4) is 0 Å². The zero-order valence-corrected chi connectivity index (χ0v) is 14.7. The van der Waals surface area contributed by atoms with E-state index in [0.29, 0.717) is 13.1 Å². The number of hydrogen-bond donors (Lipinski definition) is 1. The Bertz CT molecular complexity index is 592. The Balaban J connectivity index is 2.20. The van der Waals surface area contributed by atoms with Gasteiger partial charge in [-0.15, -0.1) is 0 Å². The lowest BCUT2D eigenvalue weighted by molar-refractivity contribution is -0.133. The number of nitrogens with one attached hydrogen (secondary N) is 1. The third kappa shape index (κ3) is 4.10. The highest BCUT2D eigenvalue weighted by atomic mass is 16.2. The Morgan fingerprint density at radius 1 is 1.35 bits per heavy atom. The van der Waals surface area contributed by atoms with Crippen molar-refractivity contribution >= 4 is 11.8 Å². The van der Waals surface area contributed by atoms with E-state index >= 15 is 0 Å². The van der Waals surface area contributed by atoms with E-state index in [0.717, 1.165) is 24.4 Å². The molecule has 1 aliphatic rings. The molecule has 0 saturated heterocycles. The first kappa shape index (κ1) is 17.5. The second kappa shape index (κ2) is 7.12. The molecular weight excluding hydrogens is 294 g/mol. The van der Waals surface area contributed by atoms with Gasteiger partial charge in [-0.05, 0) is 34.4 Å². The van der Waals surface area contributed by atoms with Crippen molar-refractivity contribution in [1.29, 1.82) is 0 Å². The van der Waals surface area contributed by atoms with Crippen LogP contribution in [-0.2, 0) is 29.1 Å². The molecule has 0 fully saturated rings. The molecule has 2 rings (SSSR count).